The van der Waals surface area contributed by atoms with Gasteiger partial charge in [-0.3, -0.25) is 14.4 Å². The molecule has 39 heavy (non-hydrogen) atoms. The van der Waals surface area contributed by atoms with Gasteiger partial charge in [0.15, 0.2) is 0 Å². The highest BCUT2D eigenvalue weighted by atomic mass is 79.9. The molecule has 1 heterocycles. The molecular formula is C29H33BrF3N3O3. The molecule has 2 unspecified atom stereocenters. The van der Waals surface area contributed by atoms with E-state index >= 15 is 0 Å². The minimum Gasteiger partial charge on any atom is -0.354 e. The first-order chi connectivity index (χ1) is 18.4. The summed E-state index contributed by atoms with van der Waals surface area (Å²) in [5.41, 5.74) is 0.0431. The fraction of sp³-hybridized carbons (Fsp3) is 0.483. The Kier molecular flexibility index (Phi) is 9.03. The largest absolute Gasteiger partial charge is 0.416 e. The standard InChI is InChI=1S/C29H33BrF3N3O3/c1-18(37)34-24-10-8-20(9-11-24)28(39)36-13-12-26(25(17-36)19-6-4-3-5-7-19)35(2)27(38)21-14-22(29(31,32)33)16-23(30)15-21/h3-7,14-16,20,24-26H,8-13,17H2,1-2H3,(H,34,37)/t20-,24-,25?,26?. The number of carbonyl (C=O) groups excluding carboxylic acids is 3. The van der Waals surface area contributed by atoms with Gasteiger partial charge in [-0.05, 0) is 55.9 Å². The van der Waals surface area contributed by atoms with E-state index in [0.29, 0.717) is 32.4 Å². The van der Waals surface area contributed by atoms with Crippen LogP contribution < -0.4 is 5.32 Å². The van der Waals surface area contributed by atoms with Gasteiger partial charge in [0, 0.05) is 61.0 Å². The molecule has 2 atom stereocenters. The fourth-order valence-corrected chi connectivity index (χ4v) is 6.39. The molecule has 3 amide bonds. The topological polar surface area (TPSA) is 69.7 Å². The molecule has 4 rings (SSSR count). The summed E-state index contributed by atoms with van der Waals surface area (Å²) >= 11 is 3.11. The maximum atomic E-state index is 13.5. The maximum Gasteiger partial charge on any atom is 0.416 e. The van der Waals surface area contributed by atoms with Crippen molar-refractivity contribution in [1.29, 1.82) is 0 Å². The zero-order valence-electron chi connectivity index (χ0n) is 22.0. The van der Waals surface area contributed by atoms with Crippen LogP contribution in [0.4, 0.5) is 13.2 Å². The van der Waals surface area contributed by atoms with E-state index in [4.69, 9.17) is 0 Å². The van der Waals surface area contributed by atoms with Crippen LogP contribution in [0.3, 0.4) is 0 Å². The van der Waals surface area contributed by atoms with Crippen LogP contribution in [0.25, 0.3) is 0 Å². The number of likely N-dealkylation sites (N-methyl/N-ethyl adjacent to an activating group) is 1. The van der Waals surface area contributed by atoms with Crippen LogP contribution in [-0.4, -0.2) is 59.7 Å². The van der Waals surface area contributed by atoms with Gasteiger partial charge in [-0.2, -0.15) is 13.2 Å². The molecular weight excluding hydrogens is 575 g/mol. The van der Waals surface area contributed by atoms with Gasteiger partial charge in [0.05, 0.1) is 5.56 Å². The molecule has 0 aromatic heterocycles. The molecule has 2 aromatic rings. The number of piperidine rings is 1. The highest BCUT2D eigenvalue weighted by Gasteiger charge is 2.39. The summed E-state index contributed by atoms with van der Waals surface area (Å²) in [7, 11) is 1.62. The zero-order valence-corrected chi connectivity index (χ0v) is 23.6. The van der Waals surface area contributed by atoms with Crippen LogP contribution in [0, 0.1) is 5.92 Å². The van der Waals surface area contributed by atoms with Crippen LogP contribution in [0.15, 0.2) is 53.0 Å². The van der Waals surface area contributed by atoms with Crippen LogP contribution in [0.1, 0.15) is 66.4 Å². The van der Waals surface area contributed by atoms with Crippen molar-refractivity contribution < 1.29 is 27.6 Å². The summed E-state index contributed by atoms with van der Waals surface area (Å²) in [6.07, 6.45) is -1.12. The summed E-state index contributed by atoms with van der Waals surface area (Å²) in [6, 6.07) is 12.7. The molecule has 2 aliphatic rings. The SMILES string of the molecule is CC(=O)N[C@H]1CC[C@H](C(=O)N2CCC(N(C)C(=O)c3cc(Br)cc(C(F)(F)F)c3)C(c3ccccc3)C2)CC1. The second kappa shape index (κ2) is 12.1. The number of nitrogens with zero attached hydrogens (tertiary/aromatic N) is 2. The number of hydrogen-bond donors (Lipinski definition) is 1. The van der Waals surface area contributed by atoms with Gasteiger partial charge in [0.1, 0.15) is 0 Å². The third-order valence-electron chi connectivity index (χ3n) is 7.89. The Bertz CT molecular complexity index is 1200. The number of likely N-dealkylation sites (tertiary alicyclic amines) is 1. The number of alkyl halides is 3. The monoisotopic (exact) mass is 607 g/mol. The Balaban J connectivity index is 1.52. The fourth-order valence-electron chi connectivity index (χ4n) is 5.89. The molecule has 1 saturated heterocycles. The summed E-state index contributed by atoms with van der Waals surface area (Å²) in [4.78, 5) is 41.7. The van der Waals surface area contributed by atoms with Crippen LogP contribution in [-0.2, 0) is 15.8 Å². The molecule has 1 N–H and O–H groups in total. The Morgan fingerprint density at radius 1 is 1.00 bits per heavy atom. The zero-order chi connectivity index (χ0) is 28.3. The van der Waals surface area contributed by atoms with E-state index < -0.39 is 17.6 Å². The quantitative estimate of drug-likeness (QED) is 0.480. The van der Waals surface area contributed by atoms with Gasteiger partial charge in [-0.15, -0.1) is 0 Å². The van der Waals surface area contributed by atoms with E-state index in [9.17, 15) is 27.6 Å². The molecule has 0 radical (unpaired) electrons. The normalized spacial score (nSPS) is 23.7. The molecule has 6 nitrogen and oxygen atoms in total. The highest BCUT2D eigenvalue weighted by molar-refractivity contribution is 9.10. The first-order valence-electron chi connectivity index (χ1n) is 13.2. The summed E-state index contributed by atoms with van der Waals surface area (Å²) in [5.74, 6) is -0.767. The lowest BCUT2D eigenvalue weighted by Crippen LogP contribution is -2.53. The van der Waals surface area contributed by atoms with Crippen molar-refractivity contribution in [3.8, 4) is 0 Å². The van der Waals surface area contributed by atoms with E-state index in [2.05, 4.69) is 21.2 Å². The molecule has 2 fully saturated rings. The second-order valence-corrected chi connectivity index (χ2v) is 11.5. The molecule has 2 aromatic carbocycles. The third-order valence-corrected chi connectivity index (χ3v) is 8.35. The van der Waals surface area contributed by atoms with Crippen LogP contribution in [0.2, 0.25) is 0 Å². The lowest BCUT2D eigenvalue weighted by molar-refractivity contribution is -0.139. The molecule has 210 valence electrons. The predicted molar refractivity (Wildman–Crippen MR) is 145 cm³/mol. The smallest absolute Gasteiger partial charge is 0.354 e. The summed E-state index contributed by atoms with van der Waals surface area (Å²) < 4.78 is 40.4. The average Bonchev–Trinajstić information content (AvgIpc) is 2.91. The molecule has 0 spiro atoms. The maximum absolute atomic E-state index is 13.5. The van der Waals surface area contributed by atoms with Crippen LogP contribution in [0.5, 0.6) is 0 Å². The number of carbonyl (C=O) groups is 3. The molecule has 0 bridgehead atoms. The van der Waals surface area contributed by atoms with Gasteiger partial charge in [-0.25, -0.2) is 0 Å². The van der Waals surface area contributed by atoms with E-state index in [0.717, 1.165) is 30.5 Å². The number of nitrogens with one attached hydrogen (secondary N) is 1. The van der Waals surface area contributed by atoms with Gasteiger partial charge in [0.2, 0.25) is 11.8 Å². The van der Waals surface area contributed by atoms with Crippen molar-refractivity contribution in [2.45, 2.75) is 63.2 Å². The number of rotatable bonds is 5. The molecule has 1 aliphatic heterocycles. The second-order valence-electron chi connectivity index (χ2n) is 10.5. The molecule has 1 aliphatic carbocycles. The summed E-state index contributed by atoms with van der Waals surface area (Å²) in [5, 5.41) is 2.94. The Hall–Kier alpha value is -2.88. The van der Waals surface area contributed by atoms with Gasteiger partial charge in [0.25, 0.3) is 5.91 Å². The predicted octanol–water partition coefficient (Wildman–Crippen LogP) is 5.62. The van der Waals surface area contributed by atoms with Gasteiger partial charge < -0.3 is 15.1 Å². The highest BCUT2D eigenvalue weighted by Crippen LogP contribution is 2.36. The first-order valence-corrected chi connectivity index (χ1v) is 14.0. The molecule has 10 heteroatoms. The first kappa shape index (κ1) is 29.1. The number of amides is 3. The van der Waals surface area contributed by atoms with Gasteiger partial charge >= 0.3 is 6.18 Å². The lowest BCUT2D eigenvalue weighted by atomic mass is 9.82. The van der Waals surface area contributed by atoms with Crippen LogP contribution >= 0.6 is 15.9 Å². The summed E-state index contributed by atoms with van der Waals surface area (Å²) in [6.45, 7) is 2.38. The minimum atomic E-state index is -4.57. The number of benzene rings is 2. The van der Waals surface area contributed by atoms with E-state index in [1.54, 1.807) is 7.05 Å². The average molecular weight is 608 g/mol. The molecule has 1 saturated carbocycles. The van der Waals surface area contributed by atoms with Crippen molar-refractivity contribution in [3.05, 3.63) is 69.7 Å². The van der Waals surface area contributed by atoms with Crippen molar-refractivity contribution in [2.75, 3.05) is 20.1 Å². The Morgan fingerprint density at radius 2 is 1.67 bits per heavy atom. The van der Waals surface area contributed by atoms with E-state index in [1.165, 1.54) is 17.9 Å². The van der Waals surface area contributed by atoms with Gasteiger partial charge in [-0.1, -0.05) is 46.3 Å². The van der Waals surface area contributed by atoms with Crippen molar-refractivity contribution in [1.82, 2.24) is 15.1 Å². The Morgan fingerprint density at radius 3 is 2.28 bits per heavy atom. The lowest BCUT2D eigenvalue weighted by Gasteiger charge is -2.44. The van der Waals surface area contributed by atoms with E-state index in [1.807, 2.05) is 35.2 Å². The van der Waals surface area contributed by atoms with Crippen molar-refractivity contribution in [2.24, 2.45) is 5.92 Å². The van der Waals surface area contributed by atoms with Crippen molar-refractivity contribution in [3.63, 3.8) is 0 Å². The minimum absolute atomic E-state index is 0.0413. The number of hydrogen-bond acceptors (Lipinski definition) is 3. The van der Waals surface area contributed by atoms with Crippen molar-refractivity contribution >= 4 is 33.7 Å². The third kappa shape index (κ3) is 7.01. The number of halogens is 4. The Labute approximate surface area is 235 Å². The van der Waals surface area contributed by atoms with E-state index in [-0.39, 0.29) is 45.8 Å².